The van der Waals surface area contributed by atoms with Crippen LogP contribution in [0.25, 0.3) is 10.6 Å². The van der Waals surface area contributed by atoms with E-state index >= 15 is 0 Å². The lowest BCUT2D eigenvalue weighted by Crippen LogP contribution is -2.37. The quantitative estimate of drug-likeness (QED) is 0.889. The van der Waals surface area contributed by atoms with Gasteiger partial charge in [0.15, 0.2) is 5.01 Å². The molecule has 2 heterocycles. The second kappa shape index (κ2) is 5.16. The summed E-state index contributed by atoms with van der Waals surface area (Å²) >= 11 is 1.63. The smallest absolute Gasteiger partial charge is 0.151 e. The molecule has 0 amide bonds. The van der Waals surface area contributed by atoms with E-state index in [0.717, 1.165) is 34.2 Å². The fourth-order valence-corrected chi connectivity index (χ4v) is 2.48. The van der Waals surface area contributed by atoms with Crippen molar-refractivity contribution in [1.29, 1.82) is 0 Å². The summed E-state index contributed by atoms with van der Waals surface area (Å²) in [5, 5.41) is 20.8. The molecule has 5 nitrogen and oxygen atoms in total. The van der Waals surface area contributed by atoms with Gasteiger partial charge in [0.05, 0.1) is 11.8 Å². The third-order valence-corrected chi connectivity index (χ3v) is 3.54. The lowest BCUT2D eigenvalue weighted by atomic mass is 10.1. The SMILES string of the molecule is Cc1[nH]ncc1-c1nnc(CCNC(C)(C)C)s1. The average molecular weight is 265 g/mol. The molecule has 2 aromatic rings. The topological polar surface area (TPSA) is 66.5 Å². The van der Waals surface area contributed by atoms with Crippen LogP contribution in [0.5, 0.6) is 0 Å². The van der Waals surface area contributed by atoms with Crippen LogP contribution in [0.1, 0.15) is 31.5 Å². The number of aromatic nitrogens is 4. The Bertz CT molecular complexity index is 509. The van der Waals surface area contributed by atoms with E-state index in [4.69, 9.17) is 0 Å². The highest BCUT2D eigenvalue weighted by Crippen LogP contribution is 2.25. The number of aromatic amines is 1. The van der Waals surface area contributed by atoms with Crippen LogP contribution in [0, 0.1) is 6.92 Å². The average Bonchev–Trinajstić information content (AvgIpc) is 2.84. The van der Waals surface area contributed by atoms with Gasteiger partial charge in [-0.25, -0.2) is 0 Å². The minimum absolute atomic E-state index is 0.147. The summed E-state index contributed by atoms with van der Waals surface area (Å²) in [6.07, 6.45) is 2.71. The van der Waals surface area contributed by atoms with E-state index in [-0.39, 0.29) is 5.54 Å². The van der Waals surface area contributed by atoms with Crippen molar-refractivity contribution in [2.24, 2.45) is 0 Å². The second-order valence-electron chi connectivity index (χ2n) is 5.34. The maximum Gasteiger partial charge on any atom is 0.151 e. The van der Waals surface area contributed by atoms with E-state index in [0.29, 0.717) is 0 Å². The predicted molar refractivity (Wildman–Crippen MR) is 73.7 cm³/mol. The fourth-order valence-electron chi connectivity index (χ4n) is 1.57. The predicted octanol–water partition coefficient (Wildman–Crippen LogP) is 2.17. The molecule has 0 aliphatic carbocycles. The van der Waals surface area contributed by atoms with Crippen molar-refractivity contribution in [2.45, 2.75) is 39.7 Å². The third-order valence-electron chi connectivity index (χ3n) is 2.52. The second-order valence-corrected chi connectivity index (χ2v) is 6.40. The van der Waals surface area contributed by atoms with Gasteiger partial charge in [-0.05, 0) is 27.7 Å². The zero-order valence-electron chi connectivity index (χ0n) is 11.2. The van der Waals surface area contributed by atoms with Gasteiger partial charge >= 0.3 is 0 Å². The van der Waals surface area contributed by atoms with Crippen LogP contribution in [-0.4, -0.2) is 32.5 Å². The first-order chi connectivity index (χ1) is 8.46. The van der Waals surface area contributed by atoms with Crippen molar-refractivity contribution in [3.05, 3.63) is 16.9 Å². The highest BCUT2D eigenvalue weighted by molar-refractivity contribution is 7.14. The number of aryl methyl sites for hydroxylation is 1. The standard InChI is InChI=1S/C12H19N5S/c1-8-9(7-14-15-8)11-17-16-10(18-11)5-6-13-12(2,3)4/h7,13H,5-6H2,1-4H3,(H,14,15). The first kappa shape index (κ1) is 13.2. The third kappa shape index (κ3) is 3.36. The van der Waals surface area contributed by atoms with E-state index < -0.39 is 0 Å². The van der Waals surface area contributed by atoms with Crippen molar-refractivity contribution in [2.75, 3.05) is 6.54 Å². The van der Waals surface area contributed by atoms with E-state index in [1.807, 2.05) is 6.92 Å². The van der Waals surface area contributed by atoms with E-state index in [1.165, 1.54) is 0 Å². The van der Waals surface area contributed by atoms with Gasteiger partial charge < -0.3 is 5.32 Å². The Kier molecular flexibility index (Phi) is 3.77. The first-order valence-corrected chi connectivity index (χ1v) is 6.85. The van der Waals surface area contributed by atoms with Gasteiger partial charge in [0.2, 0.25) is 0 Å². The highest BCUT2D eigenvalue weighted by atomic mass is 32.1. The molecule has 0 fully saturated rings. The van der Waals surface area contributed by atoms with Gasteiger partial charge in [0.25, 0.3) is 0 Å². The normalized spacial score (nSPS) is 12.0. The molecule has 18 heavy (non-hydrogen) atoms. The molecule has 0 radical (unpaired) electrons. The highest BCUT2D eigenvalue weighted by Gasteiger charge is 2.12. The van der Waals surface area contributed by atoms with Crippen LogP contribution in [0.2, 0.25) is 0 Å². The van der Waals surface area contributed by atoms with Crippen molar-refractivity contribution < 1.29 is 0 Å². The molecule has 2 aromatic heterocycles. The summed E-state index contributed by atoms with van der Waals surface area (Å²) in [5.74, 6) is 0. The molecule has 0 saturated carbocycles. The number of nitrogens with zero attached hydrogens (tertiary/aromatic N) is 3. The number of hydrogen-bond acceptors (Lipinski definition) is 5. The molecule has 2 rings (SSSR count). The van der Waals surface area contributed by atoms with E-state index in [1.54, 1.807) is 17.5 Å². The number of rotatable bonds is 4. The zero-order chi connectivity index (χ0) is 13.2. The Morgan fingerprint density at radius 1 is 1.33 bits per heavy atom. The number of hydrogen-bond donors (Lipinski definition) is 2. The van der Waals surface area contributed by atoms with Gasteiger partial charge in [-0.15, -0.1) is 10.2 Å². The summed E-state index contributed by atoms with van der Waals surface area (Å²) < 4.78 is 0. The summed E-state index contributed by atoms with van der Waals surface area (Å²) in [5.41, 5.74) is 2.22. The Balaban J connectivity index is 1.97. The van der Waals surface area contributed by atoms with Crippen molar-refractivity contribution in [1.82, 2.24) is 25.7 Å². The van der Waals surface area contributed by atoms with Gasteiger partial charge in [0.1, 0.15) is 5.01 Å². The maximum absolute atomic E-state index is 4.22. The Hall–Kier alpha value is -1.27. The summed E-state index contributed by atoms with van der Waals surface area (Å²) in [7, 11) is 0. The number of H-pyrrole nitrogens is 1. The number of nitrogens with one attached hydrogen (secondary N) is 2. The summed E-state index contributed by atoms with van der Waals surface area (Å²) in [4.78, 5) is 0. The molecule has 0 aliphatic rings. The van der Waals surface area contributed by atoms with Crippen molar-refractivity contribution >= 4 is 11.3 Å². The molecule has 0 aliphatic heterocycles. The van der Waals surface area contributed by atoms with E-state index in [2.05, 4.69) is 46.5 Å². The Morgan fingerprint density at radius 3 is 2.72 bits per heavy atom. The molecule has 0 spiro atoms. The minimum atomic E-state index is 0.147. The largest absolute Gasteiger partial charge is 0.312 e. The summed E-state index contributed by atoms with van der Waals surface area (Å²) in [6.45, 7) is 9.39. The molecule has 0 atom stereocenters. The van der Waals surface area contributed by atoms with Crippen LogP contribution in [0.4, 0.5) is 0 Å². The van der Waals surface area contributed by atoms with Crippen molar-refractivity contribution in [3.63, 3.8) is 0 Å². The summed E-state index contributed by atoms with van der Waals surface area (Å²) in [6, 6.07) is 0. The Morgan fingerprint density at radius 2 is 2.11 bits per heavy atom. The zero-order valence-corrected chi connectivity index (χ0v) is 12.1. The molecule has 0 bridgehead atoms. The van der Waals surface area contributed by atoms with Gasteiger partial charge in [-0.2, -0.15) is 5.10 Å². The molecule has 98 valence electrons. The van der Waals surface area contributed by atoms with Gasteiger partial charge in [0, 0.05) is 24.2 Å². The molecular weight excluding hydrogens is 246 g/mol. The molecule has 0 unspecified atom stereocenters. The van der Waals surface area contributed by atoms with Crippen LogP contribution >= 0.6 is 11.3 Å². The first-order valence-electron chi connectivity index (χ1n) is 6.03. The fraction of sp³-hybridized carbons (Fsp3) is 0.583. The molecule has 0 aromatic carbocycles. The maximum atomic E-state index is 4.22. The lowest BCUT2D eigenvalue weighted by molar-refractivity contribution is 0.429. The Labute approximate surface area is 111 Å². The van der Waals surface area contributed by atoms with Gasteiger partial charge in [-0.1, -0.05) is 11.3 Å². The van der Waals surface area contributed by atoms with Crippen molar-refractivity contribution in [3.8, 4) is 10.6 Å². The lowest BCUT2D eigenvalue weighted by Gasteiger charge is -2.19. The minimum Gasteiger partial charge on any atom is -0.312 e. The van der Waals surface area contributed by atoms with Crippen LogP contribution in [0.15, 0.2) is 6.20 Å². The van der Waals surface area contributed by atoms with Crippen LogP contribution in [0.3, 0.4) is 0 Å². The molecule has 0 saturated heterocycles. The molecular formula is C12H19N5S. The van der Waals surface area contributed by atoms with Crippen LogP contribution in [-0.2, 0) is 6.42 Å². The molecule has 2 N–H and O–H groups in total. The van der Waals surface area contributed by atoms with E-state index in [9.17, 15) is 0 Å². The molecule has 6 heteroatoms. The van der Waals surface area contributed by atoms with Gasteiger partial charge in [-0.3, -0.25) is 5.10 Å². The van der Waals surface area contributed by atoms with Crippen LogP contribution < -0.4 is 5.32 Å². The monoisotopic (exact) mass is 265 g/mol.